The summed E-state index contributed by atoms with van der Waals surface area (Å²) in [5, 5.41) is 7.24. The van der Waals surface area contributed by atoms with Gasteiger partial charge in [0.2, 0.25) is 11.8 Å². The number of hydrogen-bond donors (Lipinski definition) is 2. The molecule has 0 radical (unpaired) electrons. The summed E-state index contributed by atoms with van der Waals surface area (Å²) in [6.45, 7) is 12.3. The molecule has 1 unspecified atom stereocenters. The summed E-state index contributed by atoms with van der Waals surface area (Å²) in [5.41, 5.74) is 5.07. The largest absolute Gasteiger partial charge is 0.354 e. The van der Waals surface area contributed by atoms with Crippen molar-refractivity contribution < 1.29 is 9.59 Å². The first-order chi connectivity index (χ1) is 14.2. The average molecular weight is 413 g/mol. The zero-order valence-electron chi connectivity index (χ0n) is 19.2. The Labute approximate surface area is 180 Å². The van der Waals surface area contributed by atoms with E-state index in [0.717, 1.165) is 25.0 Å². The van der Waals surface area contributed by atoms with Gasteiger partial charge in [-0.2, -0.15) is 0 Å². The highest BCUT2D eigenvalue weighted by Crippen LogP contribution is 2.32. The Bertz CT molecular complexity index is 929. The molecule has 1 atom stereocenters. The fourth-order valence-corrected chi connectivity index (χ4v) is 4.36. The van der Waals surface area contributed by atoms with Crippen molar-refractivity contribution in [3.63, 3.8) is 0 Å². The number of likely N-dealkylation sites (N-methyl/N-ethyl adjacent to an activating group) is 1. The van der Waals surface area contributed by atoms with Crippen molar-refractivity contribution in [1.29, 1.82) is 0 Å². The maximum Gasteiger partial charge on any atom is 0.225 e. The lowest BCUT2D eigenvalue weighted by Gasteiger charge is -2.26. The molecule has 0 saturated heterocycles. The first-order valence-electron chi connectivity index (χ1n) is 11.0. The topological polar surface area (TPSA) is 66.4 Å². The number of rotatable bonds is 7. The van der Waals surface area contributed by atoms with E-state index in [4.69, 9.17) is 0 Å². The van der Waals surface area contributed by atoms with Crippen LogP contribution >= 0.6 is 0 Å². The van der Waals surface area contributed by atoms with E-state index >= 15 is 0 Å². The van der Waals surface area contributed by atoms with Crippen molar-refractivity contribution in [1.82, 2.24) is 20.1 Å². The molecular weight excluding hydrogens is 376 g/mol. The van der Waals surface area contributed by atoms with Crippen molar-refractivity contribution in [2.45, 2.75) is 72.6 Å². The second-order valence-electron chi connectivity index (χ2n) is 9.33. The number of carbonyl (C=O) groups is 2. The number of nitrogens with zero attached hydrogens (tertiary/aromatic N) is 2. The molecule has 0 saturated carbocycles. The molecule has 3 rings (SSSR count). The Balaban J connectivity index is 1.99. The average Bonchev–Trinajstić information content (AvgIpc) is 2.92. The second-order valence-corrected chi connectivity index (χ2v) is 9.33. The van der Waals surface area contributed by atoms with Gasteiger partial charge in [-0.1, -0.05) is 11.6 Å². The number of benzene rings is 1. The van der Waals surface area contributed by atoms with Crippen LogP contribution < -0.4 is 10.6 Å². The Morgan fingerprint density at radius 3 is 2.47 bits per heavy atom. The molecule has 2 amide bonds. The zero-order valence-corrected chi connectivity index (χ0v) is 19.2. The van der Waals surface area contributed by atoms with Gasteiger partial charge >= 0.3 is 0 Å². The quantitative estimate of drug-likeness (QED) is 0.735. The van der Waals surface area contributed by atoms with Gasteiger partial charge in [0.25, 0.3) is 0 Å². The van der Waals surface area contributed by atoms with Crippen molar-refractivity contribution in [2.24, 2.45) is 5.92 Å². The minimum atomic E-state index is -0.417. The minimum absolute atomic E-state index is 0.0391. The van der Waals surface area contributed by atoms with Gasteiger partial charge in [-0.05, 0) is 65.8 Å². The summed E-state index contributed by atoms with van der Waals surface area (Å²) in [6, 6.07) is 6.64. The first kappa shape index (κ1) is 22.3. The number of carbonyl (C=O) groups excluding carboxylic acids is 2. The van der Waals surface area contributed by atoms with Crippen LogP contribution in [-0.2, 0) is 29.1 Å². The predicted octanol–water partition coefficient (Wildman–Crippen LogP) is 2.99. The summed E-state index contributed by atoms with van der Waals surface area (Å²) in [4.78, 5) is 27.9. The highest BCUT2D eigenvalue weighted by atomic mass is 16.2. The molecule has 2 aromatic rings. The van der Waals surface area contributed by atoms with E-state index in [1.165, 1.54) is 22.2 Å². The molecule has 6 nitrogen and oxygen atoms in total. The second kappa shape index (κ2) is 9.21. The Hall–Kier alpha value is -2.34. The van der Waals surface area contributed by atoms with Gasteiger partial charge in [0.15, 0.2) is 0 Å². The van der Waals surface area contributed by atoms with E-state index in [1.807, 2.05) is 27.7 Å². The lowest BCUT2D eigenvalue weighted by molar-refractivity contribution is -0.131. The highest BCUT2D eigenvalue weighted by molar-refractivity contribution is 5.88. The van der Waals surface area contributed by atoms with Crippen molar-refractivity contribution in [2.75, 3.05) is 13.6 Å². The van der Waals surface area contributed by atoms with Crippen LogP contribution in [0.25, 0.3) is 10.9 Å². The van der Waals surface area contributed by atoms with Gasteiger partial charge in [-0.25, -0.2) is 0 Å². The smallest absolute Gasteiger partial charge is 0.225 e. The number of aryl methyl sites for hydroxylation is 1. The maximum atomic E-state index is 13.0. The normalized spacial score (nSPS) is 15.5. The Morgan fingerprint density at radius 1 is 1.10 bits per heavy atom. The van der Waals surface area contributed by atoms with E-state index in [2.05, 4.69) is 52.3 Å². The van der Waals surface area contributed by atoms with E-state index < -0.39 is 5.92 Å². The van der Waals surface area contributed by atoms with Crippen LogP contribution in [0.2, 0.25) is 0 Å². The van der Waals surface area contributed by atoms with Crippen LogP contribution in [0, 0.1) is 12.8 Å². The third-order valence-electron chi connectivity index (χ3n) is 5.69. The molecule has 164 valence electrons. The molecule has 30 heavy (non-hydrogen) atoms. The summed E-state index contributed by atoms with van der Waals surface area (Å²) in [6.07, 6.45) is 1.20. The number of aromatic nitrogens is 1. The lowest BCUT2D eigenvalue weighted by atomic mass is 10.0. The number of nitrogens with one attached hydrogen (secondary N) is 2. The van der Waals surface area contributed by atoms with Gasteiger partial charge in [0, 0.05) is 54.7 Å². The molecule has 0 fully saturated rings. The van der Waals surface area contributed by atoms with Crippen molar-refractivity contribution >= 4 is 22.7 Å². The molecule has 1 aliphatic rings. The van der Waals surface area contributed by atoms with E-state index in [9.17, 15) is 9.59 Å². The molecule has 1 aliphatic heterocycles. The van der Waals surface area contributed by atoms with E-state index in [1.54, 1.807) is 0 Å². The molecule has 6 heteroatoms. The van der Waals surface area contributed by atoms with Gasteiger partial charge in [-0.15, -0.1) is 0 Å². The predicted molar refractivity (Wildman–Crippen MR) is 121 cm³/mol. The molecule has 2 heterocycles. The molecular formula is C24H36N4O2. The van der Waals surface area contributed by atoms with Crippen LogP contribution in [0.15, 0.2) is 18.2 Å². The van der Waals surface area contributed by atoms with Crippen molar-refractivity contribution in [3.8, 4) is 0 Å². The molecule has 1 aromatic carbocycles. The lowest BCUT2D eigenvalue weighted by Crippen LogP contribution is -2.41. The van der Waals surface area contributed by atoms with Gasteiger partial charge in [-0.3, -0.25) is 9.59 Å². The summed E-state index contributed by atoms with van der Waals surface area (Å²) < 4.78 is 2.28. The monoisotopic (exact) mass is 412 g/mol. The fraction of sp³-hybridized carbons (Fsp3) is 0.583. The zero-order chi connectivity index (χ0) is 22.0. The first-order valence-corrected chi connectivity index (χ1v) is 11.0. The summed E-state index contributed by atoms with van der Waals surface area (Å²) in [5.74, 6) is -0.553. The molecule has 1 aromatic heterocycles. The van der Waals surface area contributed by atoms with E-state index in [-0.39, 0.29) is 30.3 Å². The van der Waals surface area contributed by atoms with Crippen LogP contribution in [0.5, 0.6) is 0 Å². The third kappa shape index (κ3) is 5.04. The molecule has 0 spiro atoms. The number of hydrogen-bond acceptors (Lipinski definition) is 3. The summed E-state index contributed by atoms with van der Waals surface area (Å²) in [7, 11) is 2.13. The molecule has 0 bridgehead atoms. The third-order valence-corrected chi connectivity index (χ3v) is 5.69. The van der Waals surface area contributed by atoms with Crippen LogP contribution in [0.4, 0.5) is 0 Å². The Morgan fingerprint density at radius 2 is 1.80 bits per heavy atom. The van der Waals surface area contributed by atoms with Gasteiger partial charge in [0.1, 0.15) is 0 Å². The van der Waals surface area contributed by atoms with Crippen LogP contribution in [-0.4, -0.2) is 47.0 Å². The highest BCUT2D eigenvalue weighted by Gasteiger charge is 2.28. The van der Waals surface area contributed by atoms with E-state index in [0.29, 0.717) is 6.54 Å². The minimum Gasteiger partial charge on any atom is -0.354 e. The standard InChI is InChI=1S/C24H36N4O2/c1-15(2)25-23(29)12-18(24(30)26-16(3)4)13-28-21-8-7-17(5)11-20(21)19-9-10-27(6)14-22(19)28/h7-8,11,15-16,18H,9-10,12-14H2,1-6H3,(H,25,29)(H,26,30). The van der Waals surface area contributed by atoms with Gasteiger partial charge in [0.05, 0.1) is 5.92 Å². The molecule has 2 N–H and O–H groups in total. The van der Waals surface area contributed by atoms with Gasteiger partial charge < -0.3 is 20.1 Å². The van der Waals surface area contributed by atoms with Crippen molar-refractivity contribution in [3.05, 3.63) is 35.0 Å². The Kier molecular flexibility index (Phi) is 6.86. The molecule has 0 aliphatic carbocycles. The number of fused-ring (bicyclic) bond motifs is 3. The van der Waals surface area contributed by atoms with Crippen LogP contribution in [0.3, 0.4) is 0 Å². The van der Waals surface area contributed by atoms with Crippen LogP contribution in [0.1, 0.15) is 50.9 Å². The fourth-order valence-electron chi connectivity index (χ4n) is 4.36. The number of amides is 2. The SMILES string of the molecule is Cc1ccc2c(c1)c1c(n2CC(CC(=O)NC(C)C)C(=O)NC(C)C)CN(C)CC1. The summed E-state index contributed by atoms with van der Waals surface area (Å²) >= 11 is 0. The maximum absolute atomic E-state index is 13.0.